The van der Waals surface area contributed by atoms with Crippen molar-refractivity contribution in [3.63, 3.8) is 0 Å². The number of hydrogen-bond acceptors (Lipinski definition) is 4. The molecule has 1 saturated heterocycles. The van der Waals surface area contributed by atoms with E-state index >= 15 is 0 Å². The minimum absolute atomic E-state index is 0. The van der Waals surface area contributed by atoms with Crippen LogP contribution in [0.4, 0.5) is 0 Å². The van der Waals surface area contributed by atoms with E-state index in [0.29, 0.717) is 5.02 Å². The predicted molar refractivity (Wildman–Crippen MR) is 102 cm³/mol. The van der Waals surface area contributed by atoms with Gasteiger partial charge in [-0.3, -0.25) is 9.69 Å². The maximum absolute atomic E-state index is 12.3. The highest BCUT2D eigenvalue weighted by Crippen LogP contribution is 2.14. The van der Waals surface area contributed by atoms with Crippen LogP contribution in [-0.2, 0) is 11.3 Å². The summed E-state index contributed by atoms with van der Waals surface area (Å²) in [5, 5.41) is 0.695. The number of halogens is 2. The molecular weight excluding hydrogens is 361 g/mol. The van der Waals surface area contributed by atoms with Crippen molar-refractivity contribution in [2.24, 2.45) is 11.7 Å². The van der Waals surface area contributed by atoms with Crippen molar-refractivity contribution in [1.29, 1.82) is 0 Å². The molecule has 1 aliphatic heterocycles. The van der Waals surface area contributed by atoms with Gasteiger partial charge < -0.3 is 15.0 Å². The Labute approximate surface area is 159 Å². The number of carbonyl (C=O) groups excluding carboxylic acids is 1. The Kier molecular flexibility index (Phi) is 6.68. The SMILES string of the molecule is CC(C)[C@H](N)C(=O)N1CCN(Cc2cn3cc(Cl)ccc3n2)CC1.Cl. The van der Waals surface area contributed by atoms with E-state index in [0.717, 1.165) is 44.1 Å². The molecule has 0 unspecified atom stereocenters. The van der Waals surface area contributed by atoms with Crippen LogP contribution in [0, 0.1) is 5.92 Å². The van der Waals surface area contributed by atoms with Crippen molar-refractivity contribution < 1.29 is 4.79 Å². The van der Waals surface area contributed by atoms with Crippen LogP contribution < -0.4 is 5.73 Å². The second-order valence-electron chi connectivity index (χ2n) is 6.72. The Morgan fingerprint density at radius 2 is 1.92 bits per heavy atom. The number of aromatic nitrogens is 2. The van der Waals surface area contributed by atoms with Gasteiger partial charge in [-0.1, -0.05) is 25.4 Å². The van der Waals surface area contributed by atoms with Crippen molar-refractivity contribution >= 4 is 35.6 Å². The van der Waals surface area contributed by atoms with Gasteiger partial charge in [0.1, 0.15) is 5.65 Å². The van der Waals surface area contributed by atoms with E-state index in [1.54, 1.807) is 0 Å². The summed E-state index contributed by atoms with van der Waals surface area (Å²) in [5.74, 6) is 0.229. The topological polar surface area (TPSA) is 66.9 Å². The van der Waals surface area contributed by atoms with Crippen LogP contribution >= 0.6 is 24.0 Å². The Morgan fingerprint density at radius 1 is 1.24 bits per heavy atom. The van der Waals surface area contributed by atoms with Crippen molar-refractivity contribution in [2.75, 3.05) is 26.2 Å². The molecule has 3 rings (SSSR count). The average Bonchev–Trinajstić information content (AvgIpc) is 2.95. The molecule has 1 amide bonds. The number of amides is 1. The lowest BCUT2D eigenvalue weighted by Gasteiger charge is -2.36. The third kappa shape index (κ3) is 4.64. The summed E-state index contributed by atoms with van der Waals surface area (Å²) < 4.78 is 1.94. The molecule has 1 fully saturated rings. The number of piperazine rings is 1. The summed E-state index contributed by atoms with van der Waals surface area (Å²) in [4.78, 5) is 21.1. The van der Waals surface area contributed by atoms with E-state index < -0.39 is 6.04 Å². The van der Waals surface area contributed by atoms with E-state index in [2.05, 4.69) is 9.88 Å². The molecule has 138 valence electrons. The van der Waals surface area contributed by atoms with Gasteiger partial charge in [0.25, 0.3) is 0 Å². The van der Waals surface area contributed by atoms with Crippen LogP contribution in [-0.4, -0.2) is 57.3 Å². The molecule has 0 aliphatic carbocycles. The maximum Gasteiger partial charge on any atom is 0.239 e. The highest BCUT2D eigenvalue weighted by molar-refractivity contribution is 6.30. The zero-order chi connectivity index (χ0) is 17.3. The van der Waals surface area contributed by atoms with E-state index in [4.69, 9.17) is 17.3 Å². The first-order valence-corrected chi connectivity index (χ1v) is 8.71. The molecule has 6 nitrogen and oxygen atoms in total. The van der Waals surface area contributed by atoms with Crippen molar-refractivity contribution in [1.82, 2.24) is 19.2 Å². The predicted octanol–water partition coefficient (Wildman–Crippen LogP) is 2.04. The molecule has 3 heterocycles. The third-order valence-corrected chi connectivity index (χ3v) is 4.76. The maximum atomic E-state index is 12.3. The minimum Gasteiger partial charge on any atom is -0.339 e. The zero-order valence-electron chi connectivity index (χ0n) is 14.6. The third-order valence-electron chi connectivity index (χ3n) is 4.54. The fraction of sp³-hybridized carbons (Fsp3) is 0.529. The molecule has 1 aliphatic rings. The number of imidazole rings is 1. The van der Waals surface area contributed by atoms with Gasteiger partial charge in [-0.2, -0.15) is 0 Å². The van der Waals surface area contributed by atoms with Gasteiger partial charge in [0.2, 0.25) is 5.91 Å². The van der Waals surface area contributed by atoms with Crippen LogP contribution in [0.15, 0.2) is 24.5 Å². The molecule has 0 spiro atoms. The molecule has 0 bridgehead atoms. The number of nitrogens with two attached hydrogens (primary N) is 1. The second-order valence-corrected chi connectivity index (χ2v) is 7.15. The second kappa shape index (κ2) is 8.36. The summed E-state index contributed by atoms with van der Waals surface area (Å²) in [5.41, 5.74) is 7.88. The Morgan fingerprint density at radius 3 is 2.56 bits per heavy atom. The Bertz CT molecular complexity index is 725. The quantitative estimate of drug-likeness (QED) is 0.874. The molecule has 25 heavy (non-hydrogen) atoms. The standard InChI is InChI=1S/C17H24ClN5O.ClH/c1-12(2)16(19)17(24)22-7-5-21(6-8-22)10-14-11-23-9-13(18)3-4-15(23)20-14;/h3-4,9,11-12,16H,5-8,10,19H2,1-2H3;1H/t16-;/m0./s1. The lowest BCUT2D eigenvalue weighted by Crippen LogP contribution is -2.54. The lowest BCUT2D eigenvalue weighted by molar-refractivity contribution is -0.135. The van der Waals surface area contributed by atoms with E-state index in [9.17, 15) is 4.79 Å². The molecule has 0 aromatic carbocycles. The van der Waals surface area contributed by atoms with Crippen LogP contribution in [0.5, 0.6) is 0 Å². The van der Waals surface area contributed by atoms with Crippen LogP contribution in [0.1, 0.15) is 19.5 Å². The first kappa shape index (κ1) is 20.0. The molecule has 0 saturated carbocycles. The molecule has 8 heteroatoms. The van der Waals surface area contributed by atoms with E-state index in [1.807, 2.05) is 47.7 Å². The first-order chi connectivity index (χ1) is 11.4. The van der Waals surface area contributed by atoms with Gasteiger partial charge in [-0.25, -0.2) is 4.98 Å². The number of pyridine rings is 1. The minimum atomic E-state index is -0.403. The largest absolute Gasteiger partial charge is 0.339 e. The highest BCUT2D eigenvalue weighted by Gasteiger charge is 2.27. The highest BCUT2D eigenvalue weighted by atomic mass is 35.5. The van der Waals surface area contributed by atoms with Gasteiger partial charge in [0.15, 0.2) is 0 Å². The lowest BCUT2D eigenvalue weighted by atomic mass is 10.0. The molecule has 1 atom stereocenters. The molecular formula is C17H25Cl2N5O. The zero-order valence-corrected chi connectivity index (χ0v) is 16.1. The Hall–Kier alpha value is -1.34. The molecule has 0 radical (unpaired) electrons. The van der Waals surface area contributed by atoms with Gasteiger partial charge in [0.05, 0.1) is 16.8 Å². The monoisotopic (exact) mass is 385 g/mol. The van der Waals surface area contributed by atoms with Crippen LogP contribution in [0.25, 0.3) is 5.65 Å². The van der Waals surface area contributed by atoms with Gasteiger partial charge in [0, 0.05) is 45.1 Å². The van der Waals surface area contributed by atoms with Gasteiger partial charge in [-0.15, -0.1) is 12.4 Å². The fourth-order valence-electron chi connectivity index (χ4n) is 2.94. The number of carbonyl (C=O) groups is 1. The summed E-state index contributed by atoms with van der Waals surface area (Å²) >= 11 is 6.01. The number of fused-ring (bicyclic) bond motifs is 1. The fourth-order valence-corrected chi connectivity index (χ4v) is 3.11. The van der Waals surface area contributed by atoms with E-state index in [-0.39, 0.29) is 24.2 Å². The van der Waals surface area contributed by atoms with Crippen molar-refractivity contribution in [2.45, 2.75) is 26.4 Å². The summed E-state index contributed by atoms with van der Waals surface area (Å²) in [7, 11) is 0. The summed E-state index contributed by atoms with van der Waals surface area (Å²) in [6, 6.07) is 3.35. The number of hydrogen-bond donors (Lipinski definition) is 1. The van der Waals surface area contributed by atoms with Gasteiger partial charge >= 0.3 is 0 Å². The first-order valence-electron chi connectivity index (χ1n) is 8.34. The summed E-state index contributed by atoms with van der Waals surface area (Å²) in [6.45, 7) is 7.85. The number of nitrogens with zero attached hydrogens (tertiary/aromatic N) is 4. The smallest absolute Gasteiger partial charge is 0.239 e. The molecule has 2 aromatic rings. The molecule has 2 aromatic heterocycles. The normalized spacial score (nSPS) is 16.9. The van der Waals surface area contributed by atoms with Crippen LogP contribution in [0.2, 0.25) is 5.02 Å². The van der Waals surface area contributed by atoms with Crippen molar-refractivity contribution in [3.05, 3.63) is 35.2 Å². The van der Waals surface area contributed by atoms with Gasteiger partial charge in [-0.05, 0) is 18.1 Å². The van der Waals surface area contributed by atoms with Crippen LogP contribution in [0.3, 0.4) is 0 Å². The van der Waals surface area contributed by atoms with Crippen molar-refractivity contribution in [3.8, 4) is 0 Å². The number of rotatable bonds is 4. The summed E-state index contributed by atoms with van der Waals surface area (Å²) in [6.07, 6.45) is 3.87. The van der Waals surface area contributed by atoms with E-state index in [1.165, 1.54) is 0 Å². The Balaban J connectivity index is 0.00000225. The molecule has 2 N–H and O–H groups in total. The average molecular weight is 386 g/mol.